The van der Waals surface area contributed by atoms with Crippen LogP contribution in [-0.2, 0) is 25.3 Å². The maximum absolute atomic E-state index is 15.3. The molecule has 4 rings (SSSR count). The number of nitrogens with zero attached hydrogens (tertiary/aromatic N) is 4. The molecule has 0 amide bonds. The molecule has 2 fully saturated rings. The molecule has 0 radical (unpaired) electrons. The fourth-order valence-corrected chi connectivity index (χ4v) is 4.87. The van der Waals surface area contributed by atoms with E-state index in [9.17, 15) is 0 Å². The number of benzene rings is 1. The molecule has 3 heterocycles. The highest BCUT2D eigenvalue weighted by Gasteiger charge is 2.37. The molecule has 1 unspecified atom stereocenters. The van der Waals surface area contributed by atoms with Crippen molar-refractivity contribution in [3.63, 3.8) is 0 Å². The van der Waals surface area contributed by atoms with Crippen LogP contribution in [-0.4, -0.2) is 63.2 Å². The molecule has 0 spiro atoms. The first kappa shape index (κ1) is 28.6. The zero-order valence-corrected chi connectivity index (χ0v) is 24.3. The Labute approximate surface area is 226 Å². The summed E-state index contributed by atoms with van der Waals surface area (Å²) in [7, 11) is -1.98. The number of oxime groups is 1. The molecule has 10 heteroatoms. The summed E-state index contributed by atoms with van der Waals surface area (Å²) < 4.78 is 32.8. The highest BCUT2D eigenvalue weighted by atomic mass is 28.4. The van der Waals surface area contributed by atoms with Crippen molar-refractivity contribution in [2.75, 3.05) is 37.8 Å². The molecule has 208 valence electrons. The summed E-state index contributed by atoms with van der Waals surface area (Å²) in [5, 5.41) is 4.27. The van der Waals surface area contributed by atoms with Gasteiger partial charge in [-0.3, -0.25) is 0 Å². The van der Waals surface area contributed by atoms with Crippen molar-refractivity contribution in [1.29, 1.82) is 0 Å². The zero-order valence-electron chi connectivity index (χ0n) is 23.3. The Morgan fingerprint density at radius 2 is 1.89 bits per heavy atom. The van der Waals surface area contributed by atoms with Gasteiger partial charge in [0.2, 0.25) is 5.95 Å². The van der Waals surface area contributed by atoms with Gasteiger partial charge in [0.05, 0.1) is 32.0 Å². The monoisotopic (exact) mass is 544 g/mol. The lowest BCUT2D eigenvalue weighted by atomic mass is 10.1. The number of aromatic nitrogens is 2. The van der Waals surface area contributed by atoms with Crippen LogP contribution >= 0.6 is 0 Å². The number of hydrogen-bond donors (Lipinski definition) is 0. The van der Waals surface area contributed by atoms with E-state index in [2.05, 4.69) is 49.0 Å². The summed E-state index contributed by atoms with van der Waals surface area (Å²) in [6.45, 7) is 14.3. The molecular formula is C28H41FN4O4Si. The molecule has 1 aromatic carbocycles. The van der Waals surface area contributed by atoms with E-state index in [0.29, 0.717) is 48.9 Å². The van der Waals surface area contributed by atoms with Gasteiger partial charge in [0.15, 0.2) is 14.6 Å². The number of hydrogen-bond acceptors (Lipinski definition) is 8. The van der Waals surface area contributed by atoms with Gasteiger partial charge in [-0.1, -0.05) is 44.1 Å². The lowest BCUT2D eigenvalue weighted by Gasteiger charge is -2.36. The van der Waals surface area contributed by atoms with E-state index in [0.717, 1.165) is 38.0 Å². The van der Waals surface area contributed by atoms with Crippen molar-refractivity contribution in [3.05, 3.63) is 42.0 Å². The van der Waals surface area contributed by atoms with Gasteiger partial charge >= 0.3 is 0 Å². The van der Waals surface area contributed by atoms with Crippen LogP contribution in [0.3, 0.4) is 0 Å². The fourth-order valence-electron chi connectivity index (χ4n) is 3.92. The second-order valence-electron chi connectivity index (χ2n) is 11.5. The summed E-state index contributed by atoms with van der Waals surface area (Å²) in [6.07, 6.45) is 7.29. The van der Waals surface area contributed by atoms with Crippen LogP contribution in [0.2, 0.25) is 18.1 Å². The fraction of sp³-hybridized carbons (Fsp3) is 0.607. The normalized spacial score (nSPS) is 18.3. The lowest BCUT2D eigenvalue weighted by molar-refractivity contribution is -0.164. The second-order valence-corrected chi connectivity index (χ2v) is 16.3. The number of ether oxygens (including phenoxy) is 2. The highest BCUT2D eigenvalue weighted by molar-refractivity contribution is 6.74. The van der Waals surface area contributed by atoms with Crippen LogP contribution in [0, 0.1) is 5.82 Å². The Morgan fingerprint density at radius 1 is 1.13 bits per heavy atom. The number of rotatable bonds is 11. The first-order valence-corrected chi connectivity index (χ1v) is 16.4. The Bertz CT molecular complexity index is 1080. The van der Waals surface area contributed by atoms with Crippen molar-refractivity contribution in [2.45, 2.75) is 77.5 Å². The van der Waals surface area contributed by atoms with Crippen LogP contribution in [0.5, 0.6) is 0 Å². The minimum Gasteiger partial charge on any atom is -0.412 e. The zero-order chi connectivity index (χ0) is 27.2. The smallest absolute Gasteiger partial charge is 0.225 e. The molecule has 2 aromatic rings. The van der Waals surface area contributed by atoms with E-state index < -0.39 is 8.32 Å². The average molecular weight is 545 g/mol. The van der Waals surface area contributed by atoms with E-state index >= 15 is 4.39 Å². The predicted molar refractivity (Wildman–Crippen MR) is 149 cm³/mol. The van der Waals surface area contributed by atoms with Gasteiger partial charge in [-0.05, 0) is 37.4 Å². The summed E-state index contributed by atoms with van der Waals surface area (Å²) in [5.74, 6) is 0.307. The average Bonchev–Trinajstić information content (AvgIpc) is 2.87. The largest absolute Gasteiger partial charge is 0.412 e. The van der Waals surface area contributed by atoms with Crippen molar-refractivity contribution in [1.82, 2.24) is 9.97 Å². The standard InChI is InChI=1S/C28H41FN4O4Si/c1-28(2,3)38(4,5)37-20-21-10-8-11-24(26(21)29)22-16-30-27(31-17-22)33-18-23(19-33)32-36-15-9-14-35-25-12-6-7-13-34-25/h8,10-11,16-17,25H,6-7,9,12-15,18-20H2,1-5H3. The molecule has 0 aliphatic carbocycles. The number of anilines is 1. The Morgan fingerprint density at radius 3 is 2.58 bits per heavy atom. The first-order valence-electron chi connectivity index (χ1n) is 13.5. The number of halogens is 1. The minimum absolute atomic E-state index is 0.0663. The van der Waals surface area contributed by atoms with Crippen LogP contribution in [0.25, 0.3) is 11.1 Å². The summed E-state index contributed by atoms with van der Waals surface area (Å²) >= 11 is 0. The molecule has 2 saturated heterocycles. The third kappa shape index (κ3) is 7.37. The molecular weight excluding hydrogens is 503 g/mol. The molecule has 0 saturated carbocycles. The topological polar surface area (TPSA) is 78.3 Å². The predicted octanol–water partition coefficient (Wildman–Crippen LogP) is 5.93. The maximum Gasteiger partial charge on any atom is 0.225 e. The minimum atomic E-state index is -1.98. The van der Waals surface area contributed by atoms with Gasteiger partial charge in [-0.2, -0.15) is 0 Å². The van der Waals surface area contributed by atoms with Crippen molar-refractivity contribution in [3.8, 4) is 11.1 Å². The summed E-state index contributed by atoms with van der Waals surface area (Å²) in [4.78, 5) is 16.3. The van der Waals surface area contributed by atoms with Crippen LogP contribution < -0.4 is 4.90 Å². The van der Waals surface area contributed by atoms with Gasteiger partial charge < -0.3 is 23.6 Å². The molecule has 1 atom stereocenters. The van der Waals surface area contributed by atoms with Gasteiger partial charge in [0.1, 0.15) is 12.4 Å². The molecule has 1 aromatic heterocycles. The maximum atomic E-state index is 15.3. The molecule has 0 N–H and O–H groups in total. The van der Waals surface area contributed by atoms with Crippen LogP contribution in [0.15, 0.2) is 35.7 Å². The highest BCUT2D eigenvalue weighted by Crippen LogP contribution is 2.37. The molecule has 2 aliphatic rings. The Hall–Kier alpha value is -2.40. The first-order chi connectivity index (χ1) is 18.1. The van der Waals surface area contributed by atoms with Crippen LogP contribution in [0.4, 0.5) is 10.3 Å². The molecule has 8 nitrogen and oxygen atoms in total. The third-order valence-corrected chi connectivity index (χ3v) is 11.9. The summed E-state index contributed by atoms with van der Waals surface area (Å²) in [5.41, 5.74) is 2.61. The van der Waals surface area contributed by atoms with E-state index in [1.54, 1.807) is 24.5 Å². The van der Waals surface area contributed by atoms with Gasteiger partial charge in [-0.15, -0.1) is 0 Å². The molecule has 0 bridgehead atoms. The Kier molecular flexibility index (Phi) is 9.51. The van der Waals surface area contributed by atoms with Crippen molar-refractivity contribution < 1.29 is 23.1 Å². The van der Waals surface area contributed by atoms with E-state index in [4.69, 9.17) is 18.7 Å². The van der Waals surface area contributed by atoms with Gasteiger partial charge in [0, 0.05) is 42.1 Å². The van der Waals surface area contributed by atoms with E-state index in [-0.39, 0.29) is 23.8 Å². The van der Waals surface area contributed by atoms with Crippen molar-refractivity contribution >= 4 is 20.0 Å². The molecule has 38 heavy (non-hydrogen) atoms. The van der Waals surface area contributed by atoms with E-state index in [1.807, 2.05) is 11.0 Å². The SMILES string of the molecule is CC(C)(C)[Si](C)(C)OCc1cccc(-c2cnc(N3CC(=NOCCCOC4CCCCO4)C3)nc2)c1F. The lowest BCUT2D eigenvalue weighted by Crippen LogP contribution is -2.48. The van der Waals surface area contributed by atoms with Crippen molar-refractivity contribution in [2.24, 2.45) is 5.16 Å². The molecule has 2 aliphatic heterocycles. The van der Waals surface area contributed by atoms with E-state index in [1.165, 1.54) is 0 Å². The van der Waals surface area contributed by atoms with Crippen LogP contribution in [0.1, 0.15) is 52.0 Å². The Balaban J connectivity index is 1.23. The quantitative estimate of drug-likeness (QED) is 0.197. The van der Waals surface area contributed by atoms with Gasteiger partial charge in [0.25, 0.3) is 0 Å². The second kappa shape index (κ2) is 12.6. The van der Waals surface area contributed by atoms with Gasteiger partial charge in [-0.25, -0.2) is 14.4 Å². The summed E-state index contributed by atoms with van der Waals surface area (Å²) in [6, 6.07) is 5.38. The third-order valence-electron chi connectivity index (χ3n) is 7.47.